The van der Waals surface area contributed by atoms with Crippen molar-refractivity contribution in [1.29, 1.82) is 0 Å². The van der Waals surface area contributed by atoms with Gasteiger partial charge in [-0.2, -0.15) is 0 Å². The van der Waals surface area contributed by atoms with Crippen LogP contribution in [-0.4, -0.2) is 16.5 Å². The molecule has 0 aromatic heterocycles. The van der Waals surface area contributed by atoms with Crippen molar-refractivity contribution in [2.24, 2.45) is 4.99 Å². The van der Waals surface area contributed by atoms with Crippen LogP contribution in [0.1, 0.15) is 31.2 Å². The minimum Gasteiger partial charge on any atom is -0.335 e. The van der Waals surface area contributed by atoms with Gasteiger partial charge in [-0.25, -0.2) is 4.39 Å². The van der Waals surface area contributed by atoms with Crippen molar-refractivity contribution in [3.05, 3.63) is 29.6 Å². The van der Waals surface area contributed by atoms with E-state index in [2.05, 4.69) is 5.32 Å². The van der Waals surface area contributed by atoms with Crippen LogP contribution in [0.4, 0.5) is 10.1 Å². The second-order valence-electron chi connectivity index (χ2n) is 5.28. The molecule has 1 aromatic rings. The first-order chi connectivity index (χ1) is 8.65. The van der Waals surface area contributed by atoms with E-state index < -0.39 is 0 Å². The molecule has 0 unspecified atom stereocenters. The summed E-state index contributed by atoms with van der Waals surface area (Å²) in [5.41, 5.74) is 1.90. The van der Waals surface area contributed by atoms with Crippen molar-refractivity contribution in [1.82, 2.24) is 0 Å². The highest BCUT2D eigenvalue weighted by atomic mass is 32.2. The zero-order valence-electron chi connectivity index (χ0n) is 10.5. The maximum absolute atomic E-state index is 13.3. The molecule has 18 heavy (non-hydrogen) atoms. The molecule has 1 aliphatic carbocycles. The summed E-state index contributed by atoms with van der Waals surface area (Å²) in [4.78, 5) is 4.82. The quantitative estimate of drug-likeness (QED) is 0.830. The van der Waals surface area contributed by atoms with E-state index in [4.69, 9.17) is 4.99 Å². The maximum atomic E-state index is 13.3. The minimum absolute atomic E-state index is 0.176. The lowest BCUT2D eigenvalue weighted by atomic mass is 10.0. The van der Waals surface area contributed by atoms with Crippen LogP contribution in [0.5, 0.6) is 0 Å². The number of benzene rings is 1. The molecule has 1 aromatic carbocycles. The number of hydrogen-bond donors (Lipinski definition) is 1. The van der Waals surface area contributed by atoms with Gasteiger partial charge in [-0.1, -0.05) is 24.6 Å². The van der Waals surface area contributed by atoms with E-state index in [-0.39, 0.29) is 11.4 Å². The fraction of sp³-hybridized carbons (Fsp3) is 0.500. The second-order valence-corrected chi connectivity index (χ2v) is 6.24. The van der Waals surface area contributed by atoms with E-state index in [0.29, 0.717) is 0 Å². The summed E-state index contributed by atoms with van der Waals surface area (Å²) in [6.45, 7) is 1.90. The third-order valence-electron chi connectivity index (χ3n) is 3.64. The zero-order chi connectivity index (χ0) is 12.6. The molecule has 1 fully saturated rings. The van der Waals surface area contributed by atoms with Gasteiger partial charge < -0.3 is 5.32 Å². The molecule has 3 rings (SSSR count). The van der Waals surface area contributed by atoms with Gasteiger partial charge in [0.2, 0.25) is 0 Å². The number of anilines is 1. The summed E-state index contributed by atoms with van der Waals surface area (Å²) in [5.74, 6) is 0.876. The Morgan fingerprint density at radius 3 is 2.78 bits per heavy atom. The molecular formula is C14H17FN2S. The van der Waals surface area contributed by atoms with Crippen LogP contribution in [0.15, 0.2) is 23.2 Å². The van der Waals surface area contributed by atoms with Crippen LogP contribution >= 0.6 is 11.8 Å². The number of hydrogen-bond acceptors (Lipinski definition) is 3. The molecule has 0 atom stereocenters. The van der Waals surface area contributed by atoms with E-state index in [1.165, 1.54) is 37.8 Å². The number of rotatable bonds is 1. The first-order valence-electron chi connectivity index (χ1n) is 6.42. The average Bonchev–Trinajstić information content (AvgIpc) is 2.89. The molecule has 4 heteroatoms. The molecule has 2 aliphatic rings. The number of aryl methyl sites for hydroxylation is 1. The first kappa shape index (κ1) is 12.0. The molecule has 0 bridgehead atoms. The van der Waals surface area contributed by atoms with Crippen molar-refractivity contribution in [3.63, 3.8) is 0 Å². The van der Waals surface area contributed by atoms with E-state index in [9.17, 15) is 4.39 Å². The Bertz CT molecular complexity index is 472. The van der Waals surface area contributed by atoms with Gasteiger partial charge >= 0.3 is 0 Å². The molecule has 0 saturated heterocycles. The Balaban J connectivity index is 1.77. The maximum Gasteiger partial charge on any atom is 0.161 e. The summed E-state index contributed by atoms with van der Waals surface area (Å²) in [6.07, 6.45) is 4.98. The van der Waals surface area contributed by atoms with Gasteiger partial charge in [0.15, 0.2) is 5.17 Å². The third kappa shape index (κ3) is 2.39. The standard InChI is InChI=1S/C14H17FN2S/c1-10-6-11(15)8-12(7-10)16-13-17-14(9-18-13)4-2-3-5-14/h6-8H,2-5,9H2,1H3,(H,16,17). The molecule has 1 spiro atoms. The van der Waals surface area contributed by atoms with E-state index in [1.54, 1.807) is 11.8 Å². The zero-order valence-corrected chi connectivity index (χ0v) is 11.3. The fourth-order valence-corrected chi connectivity index (χ4v) is 3.97. The van der Waals surface area contributed by atoms with Crippen LogP contribution in [0.2, 0.25) is 0 Å². The van der Waals surface area contributed by atoms with E-state index >= 15 is 0 Å². The summed E-state index contributed by atoms with van der Waals surface area (Å²) < 4.78 is 13.3. The highest BCUT2D eigenvalue weighted by molar-refractivity contribution is 8.14. The average molecular weight is 264 g/mol. The van der Waals surface area contributed by atoms with Gasteiger partial charge in [0.05, 0.1) is 5.54 Å². The lowest BCUT2D eigenvalue weighted by molar-refractivity contribution is 0.508. The first-order valence-corrected chi connectivity index (χ1v) is 7.41. The Labute approximate surface area is 111 Å². The van der Waals surface area contributed by atoms with Crippen molar-refractivity contribution < 1.29 is 4.39 Å². The lowest BCUT2D eigenvalue weighted by Crippen LogP contribution is -2.21. The third-order valence-corrected chi connectivity index (χ3v) is 4.79. The van der Waals surface area contributed by atoms with Gasteiger partial charge in [-0.3, -0.25) is 4.99 Å². The molecule has 2 nitrogen and oxygen atoms in total. The van der Waals surface area contributed by atoms with Crippen LogP contribution in [-0.2, 0) is 0 Å². The SMILES string of the molecule is Cc1cc(F)cc(NC2=NC3(CCCC3)CS2)c1. The monoisotopic (exact) mass is 264 g/mol. The highest BCUT2D eigenvalue weighted by Gasteiger charge is 2.38. The molecule has 1 aliphatic heterocycles. The fourth-order valence-electron chi connectivity index (χ4n) is 2.77. The molecule has 1 N–H and O–H groups in total. The van der Waals surface area contributed by atoms with Crippen molar-refractivity contribution in [3.8, 4) is 0 Å². The Morgan fingerprint density at radius 1 is 1.28 bits per heavy atom. The number of halogens is 1. The van der Waals surface area contributed by atoms with Gasteiger partial charge in [0.25, 0.3) is 0 Å². The summed E-state index contributed by atoms with van der Waals surface area (Å²) >= 11 is 1.76. The number of nitrogens with zero attached hydrogens (tertiary/aromatic N) is 1. The molecule has 0 radical (unpaired) electrons. The van der Waals surface area contributed by atoms with Gasteiger partial charge in [-0.15, -0.1) is 0 Å². The molecule has 0 amide bonds. The van der Waals surface area contributed by atoms with Crippen LogP contribution in [0, 0.1) is 12.7 Å². The largest absolute Gasteiger partial charge is 0.335 e. The Morgan fingerprint density at radius 2 is 2.06 bits per heavy atom. The molecule has 1 heterocycles. The normalized spacial score (nSPS) is 21.3. The number of nitrogens with one attached hydrogen (secondary N) is 1. The molecular weight excluding hydrogens is 247 g/mol. The van der Waals surface area contributed by atoms with Gasteiger partial charge in [-0.05, 0) is 43.5 Å². The van der Waals surface area contributed by atoms with Crippen molar-refractivity contribution in [2.45, 2.75) is 38.1 Å². The Hall–Kier alpha value is -1.03. The smallest absolute Gasteiger partial charge is 0.161 e. The predicted molar refractivity (Wildman–Crippen MR) is 75.9 cm³/mol. The van der Waals surface area contributed by atoms with E-state index in [0.717, 1.165) is 22.2 Å². The van der Waals surface area contributed by atoms with Gasteiger partial charge in [0.1, 0.15) is 5.82 Å². The number of amidine groups is 1. The van der Waals surface area contributed by atoms with Crippen LogP contribution in [0.3, 0.4) is 0 Å². The van der Waals surface area contributed by atoms with Crippen LogP contribution < -0.4 is 5.32 Å². The summed E-state index contributed by atoms with van der Waals surface area (Å²) in [5, 5.41) is 4.19. The van der Waals surface area contributed by atoms with Crippen molar-refractivity contribution >= 4 is 22.6 Å². The Kier molecular flexibility index (Phi) is 3.06. The van der Waals surface area contributed by atoms with E-state index in [1.807, 2.05) is 13.0 Å². The molecule has 1 saturated carbocycles. The van der Waals surface area contributed by atoms with Gasteiger partial charge in [0, 0.05) is 11.4 Å². The summed E-state index contributed by atoms with van der Waals surface area (Å²) in [7, 11) is 0. The van der Waals surface area contributed by atoms with Crippen molar-refractivity contribution in [2.75, 3.05) is 11.1 Å². The number of aliphatic imine (C=N–C) groups is 1. The topological polar surface area (TPSA) is 24.4 Å². The number of thioether (sulfide) groups is 1. The molecule has 96 valence electrons. The summed E-state index contributed by atoms with van der Waals surface area (Å²) in [6, 6.07) is 5.01. The predicted octanol–water partition coefficient (Wildman–Crippen LogP) is 3.96. The highest BCUT2D eigenvalue weighted by Crippen LogP contribution is 2.41. The lowest BCUT2D eigenvalue weighted by Gasteiger charge is -2.16. The van der Waals surface area contributed by atoms with Crippen LogP contribution in [0.25, 0.3) is 0 Å². The second kappa shape index (κ2) is 4.57. The minimum atomic E-state index is -0.198.